The van der Waals surface area contributed by atoms with Gasteiger partial charge in [0.1, 0.15) is 0 Å². The van der Waals surface area contributed by atoms with Gasteiger partial charge < -0.3 is 0 Å². The van der Waals surface area contributed by atoms with Crippen LogP contribution in [0.15, 0.2) is 87.7 Å². The summed E-state index contributed by atoms with van der Waals surface area (Å²) in [5.74, 6) is -0.347. The van der Waals surface area contributed by atoms with E-state index in [4.69, 9.17) is 16.7 Å². The molecule has 0 radical (unpaired) electrons. The van der Waals surface area contributed by atoms with Crippen molar-refractivity contribution in [3.05, 3.63) is 88.9 Å². The molecule has 0 unspecified atom stereocenters. The van der Waals surface area contributed by atoms with E-state index in [1.807, 2.05) is 6.92 Å². The molecular formula is C21H20ClN3O4S2. The van der Waals surface area contributed by atoms with Crippen molar-refractivity contribution in [2.24, 2.45) is 10.2 Å². The van der Waals surface area contributed by atoms with Gasteiger partial charge in [-0.3, -0.25) is 5.43 Å². The molecule has 0 aliphatic carbocycles. The summed E-state index contributed by atoms with van der Waals surface area (Å²) in [7, 11) is -7.48. The zero-order valence-electron chi connectivity index (χ0n) is 16.5. The third kappa shape index (κ3) is 6.14. The van der Waals surface area contributed by atoms with Gasteiger partial charge in [-0.2, -0.15) is 5.10 Å². The maximum absolute atomic E-state index is 12.9. The number of nitrogens with one attached hydrogen (secondary N) is 1. The molecule has 0 spiro atoms. The molecule has 0 atom stereocenters. The average Bonchev–Trinajstić information content (AvgIpc) is 2.72. The minimum Gasteiger partial charge on any atom is -0.278 e. The van der Waals surface area contributed by atoms with Gasteiger partial charge >= 0.3 is 0 Å². The first-order chi connectivity index (χ1) is 14.5. The molecule has 0 aliphatic heterocycles. The van der Waals surface area contributed by atoms with Crippen molar-refractivity contribution < 1.29 is 16.8 Å². The lowest BCUT2D eigenvalue weighted by molar-refractivity contribution is 0.596. The molecule has 0 saturated heterocycles. The van der Waals surface area contributed by atoms with Crippen LogP contribution in [0.25, 0.3) is 0 Å². The van der Waals surface area contributed by atoms with E-state index in [0.29, 0.717) is 16.3 Å². The highest BCUT2D eigenvalue weighted by Crippen LogP contribution is 2.18. The number of hydrazone groups is 1. The molecule has 0 saturated carbocycles. The SMILES string of the molecule is Cc1ccc(S(=O)(=O)CC(=NNc2ccc(S(N)(=O)=O)cc2)c2ccc(Cl)cc2)cc1. The van der Waals surface area contributed by atoms with Crippen LogP contribution in [-0.2, 0) is 19.9 Å². The van der Waals surface area contributed by atoms with Gasteiger partial charge in [-0.05, 0) is 61.0 Å². The first-order valence-corrected chi connectivity index (χ1v) is 12.6. The summed E-state index contributed by atoms with van der Waals surface area (Å²) in [6.07, 6.45) is 0. The number of nitrogens with two attached hydrogens (primary N) is 1. The van der Waals surface area contributed by atoms with Crippen LogP contribution < -0.4 is 10.6 Å². The lowest BCUT2D eigenvalue weighted by Crippen LogP contribution is -2.19. The molecule has 0 heterocycles. The lowest BCUT2D eigenvalue weighted by atomic mass is 10.1. The van der Waals surface area contributed by atoms with Crippen molar-refractivity contribution in [2.75, 3.05) is 11.2 Å². The van der Waals surface area contributed by atoms with Crippen molar-refractivity contribution in [1.82, 2.24) is 0 Å². The first kappa shape index (κ1) is 23.0. The molecule has 0 aromatic heterocycles. The summed E-state index contributed by atoms with van der Waals surface area (Å²) in [4.78, 5) is 0.152. The minimum absolute atomic E-state index is 0.0399. The van der Waals surface area contributed by atoms with E-state index in [9.17, 15) is 16.8 Å². The second-order valence-electron chi connectivity index (χ2n) is 6.82. The van der Waals surface area contributed by atoms with E-state index < -0.39 is 19.9 Å². The maximum Gasteiger partial charge on any atom is 0.238 e. The van der Waals surface area contributed by atoms with Crippen LogP contribution in [0.1, 0.15) is 11.1 Å². The van der Waals surface area contributed by atoms with Gasteiger partial charge in [0.25, 0.3) is 0 Å². The largest absolute Gasteiger partial charge is 0.278 e. The molecule has 7 nitrogen and oxygen atoms in total. The smallest absolute Gasteiger partial charge is 0.238 e. The number of hydrogen-bond donors (Lipinski definition) is 2. The highest BCUT2D eigenvalue weighted by molar-refractivity contribution is 7.92. The Morgan fingerprint density at radius 3 is 1.97 bits per heavy atom. The molecule has 0 amide bonds. The van der Waals surface area contributed by atoms with Crippen molar-refractivity contribution in [1.29, 1.82) is 0 Å². The van der Waals surface area contributed by atoms with E-state index in [-0.39, 0.29) is 21.3 Å². The summed E-state index contributed by atoms with van der Waals surface area (Å²) in [6, 6.07) is 18.9. The van der Waals surface area contributed by atoms with Crippen LogP contribution in [0.2, 0.25) is 5.02 Å². The van der Waals surface area contributed by atoms with Gasteiger partial charge in [0, 0.05) is 5.02 Å². The molecule has 3 N–H and O–H groups in total. The number of nitrogens with zero attached hydrogens (tertiary/aromatic N) is 1. The number of aryl methyl sites for hydroxylation is 1. The van der Waals surface area contributed by atoms with Gasteiger partial charge in [0.15, 0.2) is 9.84 Å². The van der Waals surface area contributed by atoms with Crippen LogP contribution in [0.3, 0.4) is 0 Å². The normalized spacial score (nSPS) is 12.5. The number of rotatable bonds is 7. The maximum atomic E-state index is 12.9. The van der Waals surface area contributed by atoms with Crippen molar-refractivity contribution in [2.45, 2.75) is 16.7 Å². The van der Waals surface area contributed by atoms with Gasteiger partial charge in [-0.15, -0.1) is 0 Å². The van der Waals surface area contributed by atoms with Crippen molar-refractivity contribution in [3.63, 3.8) is 0 Å². The summed E-state index contributed by atoms with van der Waals surface area (Å²) in [6.45, 7) is 1.88. The van der Waals surface area contributed by atoms with Gasteiger partial charge in [0.05, 0.1) is 26.9 Å². The number of anilines is 1. The van der Waals surface area contributed by atoms with E-state index in [1.54, 1.807) is 48.5 Å². The Balaban J connectivity index is 1.93. The van der Waals surface area contributed by atoms with Crippen LogP contribution >= 0.6 is 11.6 Å². The zero-order chi connectivity index (χ0) is 22.6. The van der Waals surface area contributed by atoms with E-state index >= 15 is 0 Å². The van der Waals surface area contributed by atoms with Crippen LogP contribution in [0.4, 0.5) is 5.69 Å². The highest BCUT2D eigenvalue weighted by atomic mass is 35.5. The molecule has 0 bridgehead atoms. The Bertz CT molecular complexity index is 1300. The fourth-order valence-corrected chi connectivity index (χ4v) is 4.63. The van der Waals surface area contributed by atoms with E-state index in [2.05, 4.69) is 10.5 Å². The van der Waals surface area contributed by atoms with Gasteiger partial charge in [-0.1, -0.05) is 41.4 Å². The molecule has 31 heavy (non-hydrogen) atoms. The van der Waals surface area contributed by atoms with Crippen molar-refractivity contribution >= 4 is 42.9 Å². The van der Waals surface area contributed by atoms with Crippen LogP contribution in [-0.4, -0.2) is 28.3 Å². The van der Waals surface area contributed by atoms with Crippen LogP contribution in [0, 0.1) is 6.92 Å². The monoisotopic (exact) mass is 477 g/mol. The number of hydrogen-bond acceptors (Lipinski definition) is 6. The highest BCUT2D eigenvalue weighted by Gasteiger charge is 2.19. The Morgan fingerprint density at radius 1 is 0.871 bits per heavy atom. The molecule has 0 fully saturated rings. The number of sulfone groups is 1. The fraction of sp³-hybridized carbons (Fsp3) is 0.0952. The summed E-state index contributed by atoms with van der Waals surface area (Å²) in [5, 5.41) is 9.89. The van der Waals surface area contributed by atoms with Gasteiger partial charge in [-0.25, -0.2) is 22.0 Å². The van der Waals surface area contributed by atoms with E-state index in [1.165, 1.54) is 24.3 Å². The average molecular weight is 478 g/mol. The Kier molecular flexibility index (Phi) is 6.80. The number of primary sulfonamides is 1. The quantitative estimate of drug-likeness (QED) is 0.398. The summed E-state index contributed by atoms with van der Waals surface area (Å²) >= 11 is 5.95. The second kappa shape index (κ2) is 9.19. The number of benzene rings is 3. The summed E-state index contributed by atoms with van der Waals surface area (Å²) in [5.41, 5.74) is 5.04. The molecule has 3 aromatic rings. The molecule has 3 aromatic carbocycles. The van der Waals surface area contributed by atoms with Gasteiger partial charge in [0.2, 0.25) is 10.0 Å². The standard InChI is InChI=1S/C21H20ClN3O4S2/c1-15-2-10-19(11-3-15)30(26,27)14-21(16-4-6-17(22)7-5-16)25-24-18-8-12-20(13-9-18)31(23,28)29/h2-13,24H,14H2,1H3,(H2,23,28,29). The van der Waals surface area contributed by atoms with Crippen molar-refractivity contribution in [3.8, 4) is 0 Å². The minimum atomic E-state index is -3.81. The number of halogens is 1. The first-order valence-electron chi connectivity index (χ1n) is 9.05. The predicted octanol–water partition coefficient (Wildman–Crippen LogP) is 3.59. The lowest BCUT2D eigenvalue weighted by Gasteiger charge is -2.10. The molecule has 10 heteroatoms. The molecular weight excluding hydrogens is 458 g/mol. The molecule has 162 valence electrons. The Hall–Kier alpha value is -2.72. The molecule has 3 rings (SSSR count). The Morgan fingerprint density at radius 2 is 1.42 bits per heavy atom. The second-order valence-corrected chi connectivity index (χ2v) is 10.8. The fourth-order valence-electron chi connectivity index (χ4n) is 2.68. The molecule has 0 aliphatic rings. The summed E-state index contributed by atoms with van der Waals surface area (Å²) < 4.78 is 48.7. The van der Waals surface area contributed by atoms with E-state index in [0.717, 1.165) is 5.56 Å². The third-order valence-corrected chi connectivity index (χ3v) is 7.21. The predicted molar refractivity (Wildman–Crippen MR) is 123 cm³/mol. The topological polar surface area (TPSA) is 119 Å². The van der Waals surface area contributed by atoms with Crippen LogP contribution in [0.5, 0.6) is 0 Å². The zero-order valence-corrected chi connectivity index (χ0v) is 18.9. The Labute approximate surface area is 186 Å². The number of sulfonamides is 1. The third-order valence-electron chi connectivity index (χ3n) is 4.39.